The van der Waals surface area contributed by atoms with Crippen LogP contribution in [-0.4, -0.2) is 23.2 Å². The summed E-state index contributed by atoms with van der Waals surface area (Å²) in [7, 11) is 0. The van der Waals surface area contributed by atoms with Gasteiger partial charge in [-0.3, -0.25) is 4.99 Å². The fraction of sp³-hybridized carbons (Fsp3) is 0.750. The van der Waals surface area contributed by atoms with Gasteiger partial charge in [-0.1, -0.05) is 12.8 Å². The number of hydrogen-bond donors (Lipinski definition) is 1. The predicted molar refractivity (Wildman–Crippen MR) is 33.6 cm³/mol. The molecule has 7 heavy (non-hydrogen) atoms. The van der Waals surface area contributed by atoms with E-state index in [2.05, 4.69) is 24.7 Å². The number of hydrogen-bond acceptors (Lipinski definition) is 3. The zero-order valence-corrected chi connectivity index (χ0v) is 5.10. The van der Waals surface area contributed by atoms with Crippen molar-refractivity contribution in [3.8, 4) is 0 Å². The first kappa shape index (κ1) is 4.97. The maximum atomic E-state index is 4.04. The summed E-state index contributed by atoms with van der Waals surface area (Å²) in [5, 5.41) is 0. The molecule has 1 aliphatic rings. The molecule has 0 fully saturated rings. The van der Waals surface area contributed by atoms with E-state index in [1.54, 1.807) is 10.6 Å². The van der Waals surface area contributed by atoms with Crippen molar-refractivity contribution in [2.24, 2.45) is 4.99 Å². The molecule has 1 rings (SSSR count). The van der Waals surface area contributed by atoms with Crippen LogP contribution in [0.25, 0.3) is 0 Å². The second-order valence-corrected chi connectivity index (χ2v) is 2.25. The molecule has 1 aliphatic heterocycles. The zero-order chi connectivity index (χ0) is 5.28. The van der Waals surface area contributed by atoms with Crippen molar-refractivity contribution in [3.05, 3.63) is 0 Å². The molecule has 1 heterocycles. The van der Waals surface area contributed by atoms with Crippen LogP contribution >= 0.6 is 12.8 Å². The standard InChI is InChI=1S/C4H8N2S/c1-4-2-6(7)3-5-4/h3-4,7H,2H2,1H3. The first-order chi connectivity index (χ1) is 3.29. The highest BCUT2D eigenvalue weighted by Gasteiger charge is 2.07. The molecule has 1 unspecified atom stereocenters. The van der Waals surface area contributed by atoms with Gasteiger partial charge in [-0.25, -0.2) is 0 Å². The minimum absolute atomic E-state index is 0.442. The van der Waals surface area contributed by atoms with E-state index in [0.717, 1.165) is 6.54 Å². The lowest BCUT2D eigenvalue weighted by atomic mass is 10.4. The maximum Gasteiger partial charge on any atom is 0.0952 e. The number of thiol groups is 1. The molecule has 0 aliphatic carbocycles. The third kappa shape index (κ3) is 1.09. The second kappa shape index (κ2) is 1.74. The summed E-state index contributed by atoms with van der Waals surface area (Å²) >= 11 is 4.04. The predicted octanol–water partition coefficient (Wildman–Crippen LogP) is 0.564. The lowest BCUT2D eigenvalue weighted by Gasteiger charge is -2.01. The highest BCUT2D eigenvalue weighted by molar-refractivity contribution is 7.78. The van der Waals surface area contributed by atoms with Crippen LogP contribution < -0.4 is 0 Å². The first-order valence-electron chi connectivity index (χ1n) is 2.28. The van der Waals surface area contributed by atoms with Gasteiger partial charge in [0.1, 0.15) is 0 Å². The van der Waals surface area contributed by atoms with Crippen molar-refractivity contribution < 1.29 is 0 Å². The van der Waals surface area contributed by atoms with Gasteiger partial charge in [-0.05, 0) is 6.92 Å². The van der Waals surface area contributed by atoms with Gasteiger partial charge in [0.25, 0.3) is 0 Å². The molecule has 0 N–H and O–H groups in total. The van der Waals surface area contributed by atoms with Crippen LogP contribution in [0.15, 0.2) is 4.99 Å². The smallest absolute Gasteiger partial charge is 0.0952 e. The molecule has 40 valence electrons. The Morgan fingerprint density at radius 3 is 2.86 bits per heavy atom. The van der Waals surface area contributed by atoms with Gasteiger partial charge in [-0.15, -0.1) is 0 Å². The van der Waals surface area contributed by atoms with Crippen molar-refractivity contribution >= 4 is 19.2 Å². The summed E-state index contributed by atoms with van der Waals surface area (Å²) < 4.78 is 1.78. The molecule has 0 radical (unpaired) electrons. The quantitative estimate of drug-likeness (QED) is 0.457. The van der Waals surface area contributed by atoms with Crippen LogP contribution in [0.5, 0.6) is 0 Å². The van der Waals surface area contributed by atoms with Gasteiger partial charge < -0.3 is 4.31 Å². The van der Waals surface area contributed by atoms with E-state index < -0.39 is 0 Å². The monoisotopic (exact) mass is 116 g/mol. The Hall–Kier alpha value is -0.180. The van der Waals surface area contributed by atoms with E-state index in [1.165, 1.54) is 0 Å². The SMILES string of the molecule is CC1CN(S)C=N1. The molecule has 0 aromatic heterocycles. The Morgan fingerprint density at radius 1 is 2.00 bits per heavy atom. The summed E-state index contributed by atoms with van der Waals surface area (Å²) in [6.07, 6.45) is 1.74. The summed E-state index contributed by atoms with van der Waals surface area (Å²) in [5.41, 5.74) is 0. The molecule has 0 bridgehead atoms. The molecular weight excluding hydrogens is 108 g/mol. The average molecular weight is 116 g/mol. The molecule has 0 spiro atoms. The summed E-state index contributed by atoms with van der Waals surface area (Å²) in [6.45, 7) is 3.01. The van der Waals surface area contributed by atoms with Crippen LogP contribution in [-0.2, 0) is 0 Å². The van der Waals surface area contributed by atoms with Crippen LogP contribution in [0, 0.1) is 0 Å². The number of rotatable bonds is 0. The van der Waals surface area contributed by atoms with Gasteiger partial charge in [0.05, 0.1) is 18.9 Å². The normalized spacial score (nSPS) is 29.4. The Labute approximate surface area is 48.8 Å². The summed E-state index contributed by atoms with van der Waals surface area (Å²) in [5.74, 6) is 0. The largest absolute Gasteiger partial charge is 0.307 e. The van der Waals surface area contributed by atoms with Gasteiger partial charge in [0.15, 0.2) is 0 Å². The Morgan fingerprint density at radius 2 is 2.71 bits per heavy atom. The van der Waals surface area contributed by atoms with Crippen LogP contribution in [0.3, 0.4) is 0 Å². The van der Waals surface area contributed by atoms with Gasteiger partial charge >= 0.3 is 0 Å². The number of nitrogens with zero attached hydrogens (tertiary/aromatic N) is 2. The van der Waals surface area contributed by atoms with E-state index in [0.29, 0.717) is 6.04 Å². The van der Waals surface area contributed by atoms with Gasteiger partial charge in [-0.2, -0.15) is 0 Å². The van der Waals surface area contributed by atoms with E-state index >= 15 is 0 Å². The van der Waals surface area contributed by atoms with E-state index in [4.69, 9.17) is 0 Å². The summed E-state index contributed by atoms with van der Waals surface area (Å²) in [6, 6.07) is 0.442. The third-order valence-corrected chi connectivity index (χ3v) is 1.17. The molecule has 0 amide bonds. The topological polar surface area (TPSA) is 15.6 Å². The van der Waals surface area contributed by atoms with E-state index in [1.807, 2.05) is 0 Å². The van der Waals surface area contributed by atoms with Crippen LogP contribution in [0.4, 0.5) is 0 Å². The third-order valence-electron chi connectivity index (χ3n) is 0.906. The molecule has 0 aromatic rings. The van der Waals surface area contributed by atoms with Gasteiger partial charge in [0, 0.05) is 0 Å². The molecule has 2 nitrogen and oxygen atoms in total. The van der Waals surface area contributed by atoms with Crippen molar-refractivity contribution in [2.75, 3.05) is 6.54 Å². The lowest BCUT2D eigenvalue weighted by Crippen LogP contribution is -2.10. The lowest BCUT2D eigenvalue weighted by molar-refractivity contribution is 0.657. The van der Waals surface area contributed by atoms with E-state index in [9.17, 15) is 0 Å². The first-order valence-corrected chi connectivity index (χ1v) is 2.68. The number of aliphatic imine (C=N–C) groups is 1. The molecule has 0 aromatic carbocycles. The van der Waals surface area contributed by atoms with E-state index in [-0.39, 0.29) is 0 Å². The van der Waals surface area contributed by atoms with Crippen molar-refractivity contribution in [2.45, 2.75) is 13.0 Å². The second-order valence-electron chi connectivity index (χ2n) is 1.74. The van der Waals surface area contributed by atoms with Crippen molar-refractivity contribution in [3.63, 3.8) is 0 Å². The fourth-order valence-corrected chi connectivity index (χ4v) is 0.852. The molecule has 0 saturated carbocycles. The molecule has 0 saturated heterocycles. The average Bonchev–Trinajstić information content (AvgIpc) is 1.87. The van der Waals surface area contributed by atoms with Crippen LogP contribution in [0.2, 0.25) is 0 Å². The maximum absolute atomic E-state index is 4.04. The molecule has 1 atom stereocenters. The zero-order valence-electron chi connectivity index (χ0n) is 4.20. The Balaban J connectivity index is 2.42. The van der Waals surface area contributed by atoms with Crippen LogP contribution in [0.1, 0.15) is 6.92 Å². The Kier molecular flexibility index (Phi) is 1.23. The van der Waals surface area contributed by atoms with Crippen molar-refractivity contribution in [1.29, 1.82) is 0 Å². The summed E-state index contributed by atoms with van der Waals surface area (Å²) in [4.78, 5) is 4.04. The minimum Gasteiger partial charge on any atom is -0.307 e. The Bertz CT molecular complexity index is 81.7. The van der Waals surface area contributed by atoms with Crippen molar-refractivity contribution in [1.82, 2.24) is 4.31 Å². The minimum atomic E-state index is 0.442. The van der Waals surface area contributed by atoms with Gasteiger partial charge in [0.2, 0.25) is 0 Å². The molecule has 3 heteroatoms. The fourth-order valence-electron chi connectivity index (χ4n) is 0.556. The highest BCUT2D eigenvalue weighted by atomic mass is 32.1. The highest BCUT2D eigenvalue weighted by Crippen LogP contribution is 2.02. The molecular formula is C4H8N2S.